The van der Waals surface area contributed by atoms with E-state index in [0.29, 0.717) is 33.7 Å². The molecule has 0 aliphatic heterocycles. The molecular weight excluding hydrogens is 522 g/mol. The third-order valence-electron chi connectivity index (χ3n) is 5.91. The van der Waals surface area contributed by atoms with E-state index in [9.17, 15) is 24.5 Å². The zero-order valence-corrected chi connectivity index (χ0v) is 21.9. The lowest BCUT2D eigenvalue weighted by Gasteiger charge is -2.12. The first kappa shape index (κ1) is 28.2. The molecule has 4 aromatic rings. The molecule has 204 valence electrons. The number of ether oxygens (including phenoxy) is 1. The zero-order valence-electron chi connectivity index (χ0n) is 21.9. The molecule has 4 rings (SSSR count). The van der Waals surface area contributed by atoms with E-state index in [1.54, 1.807) is 84.9 Å². The minimum absolute atomic E-state index is 0.000326. The second-order valence-corrected chi connectivity index (χ2v) is 8.70. The quantitative estimate of drug-likeness (QED) is 0.110. The number of hydrogen-bond acceptors (Lipinski definition) is 6. The van der Waals surface area contributed by atoms with Crippen LogP contribution >= 0.6 is 0 Å². The third-order valence-corrected chi connectivity index (χ3v) is 5.91. The summed E-state index contributed by atoms with van der Waals surface area (Å²) >= 11 is 0. The summed E-state index contributed by atoms with van der Waals surface area (Å²) < 4.78 is 5.25. The van der Waals surface area contributed by atoms with Crippen molar-refractivity contribution in [3.8, 4) is 5.75 Å². The normalized spacial score (nSPS) is 11.1. The number of allylic oxidation sites excluding steroid dienone is 1. The van der Waals surface area contributed by atoms with E-state index in [1.807, 2.05) is 0 Å². The number of nitro benzene ring substituents is 1. The van der Waals surface area contributed by atoms with Crippen molar-refractivity contribution < 1.29 is 24.0 Å². The summed E-state index contributed by atoms with van der Waals surface area (Å²) in [7, 11) is 1.53. The second kappa shape index (κ2) is 13.3. The first-order chi connectivity index (χ1) is 19.8. The highest BCUT2D eigenvalue weighted by atomic mass is 16.6. The van der Waals surface area contributed by atoms with Crippen LogP contribution in [0.1, 0.15) is 31.8 Å². The molecule has 0 atom stereocenters. The van der Waals surface area contributed by atoms with Gasteiger partial charge < -0.3 is 15.4 Å². The van der Waals surface area contributed by atoms with Crippen molar-refractivity contribution in [3.63, 3.8) is 0 Å². The molecule has 9 nitrogen and oxygen atoms in total. The molecule has 0 radical (unpaired) electrons. The van der Waals surface area contributed by atoms with Crippen LogP contribution in [0.3, 0.4) is 0 Å². The number of nitro groups is 1. The standard InChI is InChI=1S/C32H25N3O6/c1-41-27-12-7-8-22(20-27)21-28(34-31(37)25-10-3-2-4-11-25)32(38)33-26-17-14-24(15-18-26)30(36)19-16-23-9-5-6-13-29(23)35(39)40/h2-21H,1H3,(H,33,38)(H,34,37)/b19-16+,28-21-. The van der Waals surface area contributed by atoms with Gasteiger partial charge in [-0.05, 0) is 78.4 Å². The van der Waals surface area contributed by atoms with Gasteiger partial charge in [0.1, 0.15) is 11.4 Å². The Bertz CT molecular complexity index is 1640. The van der Waals surface area contributed by atoms with Gasteiger partial charge in [0.15, 0.2) is 5.78 Å². The summed E-state index contributed by atoms with van der Waals surface area (Å²) in [5.41, 5.74) is 1.93. The Labute approximate surface area is 235 Å². The first-order valence-corrected chi connectivity index (χ1v) is 12.4. The van der Waals surface area contributed by atoms with Crippen molar-refractivity contribution in [2.24, 2.45) is 0 Å². The van der Waals surface area contributed by atoms with Crippen LogP contribution in [0.2, 0.25) is 0 Å². The highest BCUT2D eigenvalue weighted by Crippen LogP contribution is 2.20. The van der Waals surface area contributed by atoms with Gasteiger partial charge in [0, 0.05) is 22.9 Å². The number of benzene rings is 4. The lowest BCUT2D eigenvalue weighted by molar-refractivity contribution is -0.385. The lowest BCUT2D eigenvalue weighted by Crippen LogP contribution is -2.30. The molecule has 4 aromatic carbocycles. The molecule has 0 bridgehead atoms. The van der Waals surface area contributed by atoms with E-state index in [4.69, 9.17) is 4.74 Å². The molecule has 0 heterocycles. The fourth-order valence-corrected chi connectivity index (χ4v) is 3.81. The molecule has 0 aliphatic carbocycles. The Morgan fingerprint density at radius 2 is 1.54 bits per heavy atom. The molecule has 0 unspecified atom stereocenters. The summed E-state index contributed by atoms with van der Waals surface area (Å²) in [6.07, 6.45) is 4.18. The summed E-state index contributed by atoms with van der Waals surface area (Å²) in [5.74, 6) is -0.812. The Morgan fingerprint density at radius 1 is 0.829 bits per heavy atom. The zero-order chi connectivity index (χ0) is 29.2. The molecular formula is C32H25N3O6. The van der Waals surface area contributed by atoms with Crippen molar-refractivity contribution >= 4 is 41.1 Å². The minimum atomic E-state index is -0.576. The number of para-hydroxylation sites is 1. The molecule has 41 heavy (non-hydrogen) atoms. The highest BCUT2D eigenvalue weighted by Gasteiger charge is 2.16. The number of rotatable bonds is 10. The largest absolute Gasteiger partial charge is 0.497 e. The third kappa shape index (κ3) is 7.61. The molecule has 0 spiro atoms. The van der Waals surface area contributed by atoms with Gasteiger partial charge >= 0.3 is 0 Å². The van der Waals surface area contributed by atoms with Crippen molar-refractivity contribution in [2.75, 3.05) is 12.4 Å². The van der Waals surface area contributed by atoms with E-state index in [2.05, 4.69) is 10.6 Å². The van der Waals surface area contributed by atoms with Gasteiger partial charge in [0.25, 0.3) is 17.5 Å². The van der Waals surface area contributed by atoms with Crippen LogP contribution in [-0.2, 0) is 4.79 Å². The number of nitrogens with one attached hydrogen (secondary N) is 2. The summed E-state index contributed by atoms with van der Waals surface area (Å²) in [6.45, 7) is 0. The number of ketones is 1. The summed E-state index contributed by atoms with van der Waals surface area (Å²) in [6, 6.07) is 27.8. The number of methoxy groups -OCH3 is 1. The topological polar surface area (TPSA) is 128 Å². The molecule has 0 saturated carbocycles. The van der Waals surface area contributed by atoms with E-state index in [1.165, 1.54) is 43.5 Å². The van der Waals surface area contributed by atoms with E-state index in [0.717, 1.165) is 0 Å². The van der Waals surface area contributed by atoms with E-state index in [-0.39, 0.29) is 17.2 Å². The van der Waals surface area contributed by atoms with Gasteiger partial charge in [0.2, 0.25) is 0 Å². The number of carbonyl (C=O) groups is 3. The highest BCUT2D eigenvalue weighted by molar-refractivity contribution is 6.11. The van der Waals surface area contributed by atoms with Crippen molar-refractivity contribution in [2.45, 2.75) is 0 Å². The maximum atomic E-state index is 13.2. The molecule has 0 fully saturated rings. The van der Waals surface area contributed by atoms with E-state index < -0.39 is 16.7 Å². The molecule has 0 saturated heterocycles. The Hall–Kier alpha value is -5.83. The molecule has 9 heteroatoms. The minimum Gasteiger partial charge on any atom is -0.497 e. The molecule has 0 aromatic heterocycles. The summed E-state index contributed by atoms with van der Waals surface area (Å²) in [4.78, 5) is 49.4. The van der Waals surface area contributed by atoms with Crippen LogP contribution in [-0.4, -0.2) is 29.6 Å². The lowest BCUT2D eigenvalue weighted by atomic mass is 10.1. The van der Waals surface area contributed by atoms with Crippen LogP contribution in [0.5, 0.6) is 5.75 Å². The molecule has 2 amide bonds. The maximum Gasteiger partial charge on any atom is 0.276 e. The van der Waals surface area contributed by atoms with Gasteiger partial charge in [0.05, 0.1) is 17.6 Å². The number of hydrogen-bond donors (Lipinski definition) is 2. The number of amides is 2. The van der Waals surface area contributed by atoms with Crippen LogP contribution in [0, 0.1) is 10.1 Å². The van der Waals surface area contributed by atoms with Crippen LogP contribution < -0.4 is 15.4 Å². The smallest absolute Gasteiger partial charge is 0.276 e. The van der Waals surface area contributed by atoms with Crippen LogP contribution in [0.4, 0.5) is 11.4 Å². The molecule has 0 aliphatic rings. The summed E-state index contributed by atoms with van der Waals surface area (Å²) in [5, 5.41) is 16.6. The van der Waals surface area contributed by atoms with Crippen molar-refractivity contribution in [1.82, 2.24) is 5.32 Å². The molecule has 2 N–H and O–H groups in total. The van der Waals surface area contributed by atoms with Crippen molar-refractivity contribution in [1.29, 1.82) is 0 Å². The fourth-order valence-electron chi connectivity index (χ4n) is 3.81. The van der Waals surface area contributed by atoms with Crippen molar-refractivity contribution in [3.05, 3.63) is 147 Å². The Balaban J connectivity index is 1.51. The number of anilines is 1. The monoisotopic (exact) mass is 547 g/mol. The average Bonchev–Trinajstić information content (AvgIpc) is 3.00. The second-order valence-electron chi connectivity index (χ2n) is 8.70. The van der Waals surface area contributed by atoms with Gasteiger partial charge in [-0.2, -0.15) is 0 Å². The first-order valence-electron chi connectivity index (χ1n) is 12.4. The predicted octanol–water partition coefficient (Wildman–Crippen LogP) is 5.91. The SMILES string of the molecule is COc1cccc(/C=C(\NC(=O)c2ccccc2)C(=O)Nc2ccc(C(=O)/C=C/c3ccccc3[N+](=O)[O-])cc2)c1. The maximum absolute atomic E-state index is 13.2. The Morgan fingerprint density at radius 3 is 2.24 bits per heavy atom. The van der Waals surface area contributed by atoms with Gasteiger partial charge in [-0.1, -0.05) is 42.5 Å². The fraction of sp³-hybridized carbons (Fsp3) is 0.0312. The van der Waals surface area contributed by atoms with Gasteiger partial charge in [-0.15, -0.1) is 0 Å². The van der Waals surface area contributed by atoms with E-state index >= 15 is 0 Å². The average molecular weight is 548 g/mol. The Kier molecular flexibility index (Phi) is 9.14. The van der Waals surface area contributed by atoms with Gasteiger partial charge in [-0.3, -0.25) is 24.5 Å². The predicted molar refractivity (Wildman–Crippen MR) is 156 cm³/mol. The van der Waals surface area contributed by atoms with Gasteiger partial charge in [-0.25, -0.2) is 0 Å². The number of carbonyl (C=O) groups excluding carboxylic acids is 3. The number of nitrogens with zero attached hydrogens (tertiary/aromatic N) is 1. The van der Waals surface area contributed by atoms with Crippen LogP contribution in [0.25, 0.3) is 12.2 Å². The van der Waals surface area contributed by atoms with Crippen LogP contribution in [0.15, 0.2) is 115 Å².